The lowest BCUT2D eigenvalue weighted by Crippen LogP contribution is -2.57. The van der Waals surface area contributed by atoms with Crippen LogP contribution in [0.5, 0.6) is 5.88 Å². The van der Waals surface area contributed by atoms with Gasteiger partial charge in [-0.3, -0.25) is 9.69 Å². The molecule has 1 fully saturated rings. The summed E-state index contributed by atoms with van der Waals surface area (Å²) >= 11 is 0. The molecule has 1 amide bonds. The van der Waals surface area contributed by atoms with Gasteiger partial charge in [-0.25, -0.2) is 4.79 Å². The number of rotatable bonds is 4. The Labute approximate surface area is 174 Å². The molecule has 0 unspecified atom stereocenters. The Morgan fingerprint density at radius 3 is 2.50 bits per heavy atom. The predicted molar refractivity (Wildman–Crippen MR) is 107 cm³/mol. The molecule has 0 radical (unpaired) electrons. The zero-order valence-electron chi connectivity index (χ0n) is 17.0. The molecule has 1 aromatic carbocycles. The first-order valence-electron chi connectivity index (χ1n) is 9.58. The Hall–Kier alpha value is -3.17. The fourth-order valence-electron chi connectivity index (χ4n) is 3.33. The number of nitrogens with zero attached hydrogens (tertiary/aromatic N) is 3. The number of benzene rings is 1. The molecule has 30 heavy (non-hydrogen) atoms. The van der Waals surface area contributed by atoms with Crippen molar-refractivity contribution in [2.75, 3.05) is 36.8 Å². The molecular weight excluding hydrogens is 390 g/mol. The number of methoxy groups -OCH3 is 1. The maximum Gasteiger partial charge on any atom is 0.363 e. The summed E-state index contributed by atoms with van der Waals surface area (Å²) in [5.74, 6) is -0.910. The Morgan fingerprint density at radius 2 is 1.83 bits per heavy atom. The van der Waals surface area contributed by atoms with Gasteiger partial charge in [0.15, 0.2) is 11.6 Å². The van der Waals surface area contributed by atoms with E-state index in [0.717, 1.165) is 0 Å². The molecule has 158 valence electrons. The van der Waals surface area contributed by atoms with Gasteiger partial charge in [-0.15, -0.1) is 0 Å². The molecule has 9 nitrogen and oxygen atoms in total. The first-order valence-corrected chi connectivity index (χ1v) is 9.58. The number of hydroxylamine groups is 1. The molecule has 3 heterocycles. The molecular formula is C21H23N3O6. The van der Waals surface area contributed by atoms with Crippen LogP contribution in [0.15, 0.2) is 42.5 Å². The van der Waals surface area contributed by atoms with Crippen LogP contribution in [-0.2, 0) is 19.1 Å². The zero-order valence-corrected chi connectivity index (χ0v) is 17.0. The van der Waals surface area contributed by atoms with E-state index in [2.05, 4.69) is 4.98 Å². The number of fused-ring (bicyclic) bond motifs is 1. The number of carbonyl (C=O) groups excluding carboxylic acids is 2. The highest BCUT2D eigenvalue weighted by Gasteiger charge is 2.41. The minimum Gasteiger partial charge on any atom is -0.481 e. The molecule has 0 atom stereocenters. The van der Waals surface area contributed by atoms with E-state index in [1.165, 1.54) is 17.1 Å². The Bertz CT molecular complexity index is 939. The topological polar surface area (TPSA) is 90.4 Å². The van der Waals surface area contributed by atoms with Crippen molar-refractivity contribution in [3.05, 3.63) is 48.0 Å². The third kappa shape index (κ3) is 3.94. The molecule has 0 saturated carbocycles. The number of anilines is 2. The van der Waals surface area contributed by atoms with Gasteiger partial charge in [0, 0.05) is 6.07 Å². The Balaban J connectivity index is 1.64. The quantitative estimate of drug-likeness (QED) is 0.753. The highest BCUT2D eigenvalue weighted by molar-refractivity contribution is 6.03. The summed E-state index contributed by atoms with van der Waals surface area (Å²) in [6, 6.07) is 11.6. The van der Waals surface area contributed by atoms with Crippen molar-refractivity contribution in [1.29, 1.82) is 0 Å². The van der Waals surface area contributed by atoms with Crippen LogP contribution in [0.25, 0.3) is 0 Å². The number of aromatic nitrogens is 1. The monoisotopic (exact) mass is 413 g/mol. The number of hydrogen-bond acceptors (Lipinski definition) is 8. The molecule has 1 aromatic heterocycles. The SMILES string of the molecule is COc1ccc2c(n1)N(C1COC(C)(C)OC1)C(=O)CN2OC(=O)c1ccccc1. The number of carbonyl (C=O) groups is 2. The summed E-state index contributed by atoms with van der Waals surface area (Å²) < 4.78 is 16.7. The fraction of sp³-hybridized carbons (Fsp3) is 0.381. The summed E-state index contributed by atoms with van der Waals surface area (Å²) in [7, 11) is 1.49. The molecule has 9 heteroatoms. The number of pyridine rings is 1. The number of ether oxygens (including phenoxy) is 3. The van der Waals surface area contributed by atoms with Gasteiger partial charge in [0.05, 0.1) is 31.9 Å². The van der Waals surface area contributed by atoms with Crippen molar-refractivity contribution in [2.45, 2.75) is 25.7 Å². The third-order valence-electron chi connectivity index (χ3n) is 4.90. The van der Waals surface area contributed by atoms with E-state index in [0.29, 0.717) is 36.2 Å². The minimum atomic E-state index is -0.711. The van der Waals surface area contributed by atoms with Crippen LogP contribution in [0, 0.1) is 0 Å². The molecule has 0 N–H and O–H groups in total. The van der Waals surface area contributed by atoms with Crippen molar-refractivity contribution in [3.8, 4) is 5.88 Å². The summed E-state index contributed by atoms with van der Waals surface area (Å²) in [6.07, 6.45) is 0. The Morgan fingerprint density at radius 1 is 1.13 bits per heavy atom. The largest absolute Gasteiger partial charge is 0.481 e. The smallest absolute Gasteiger partial charge is 0.363 e. The van der Waals surface area contributed by atoms with E-state index in [4.69, 9.17) is 19.0 Å². The fourth-order valence-corrected chi connectivity index (χ4v) is 3.33. The highest BCUT2D eigenvalue weighted by Crippen LogP contribution is 2.36. The van der Waals surface area contributed by atoms with E-state index < -0.39 is 11.8 Å². The van der Waals surface area contributed by atoms with Crippen LogP contribution in [0.3, 0.4) is 0 Å². The van der Waals surface area contributed by atoms with Gasteiger partial charge in [0.1, 0.15) is 12.2 Å². The maximum atomic E-state index is 13.0. The lowest BCUT2D eigenvalue weighted by molar-refractivity contribution is -0.250. The average Bonchev–Trinajstić information content (AvgIpc) is 2.74. The summed E-state index contributed by atoms with van der Waals surface area (Å²) in [5, 5.41) is 1.25. The van der Waals surface area contributed by atoms with Crippen LogP contribution in [0.1, 0.15) is 24.2 Å². The Kier molecular flexibility index (Phi) is 5.31. The van der Waals surface area contributed by atoms with Gasteiger partial charge in [-0.05, 0) is 32.0 Å². The standard InChI is InChI=1S/C21H23N3O6/c1-21(2)28-12-15(13-29-21)24-18(25)11-23(16-9-10-17(27-3)22-19(16)24)30-20(26)14-7-5-4-6-8-14/h4-10,15H,11-13H2,1-3H3. The first-order chi connectivity index (χ1) is 14.4. The second kappa shape index (κ2) is 7.92. The van der Waals surface area contributed by atoms with E-state index in [1.807, 2.05) is 13.8 Å². The maximum absolute atomic E-state index is 13.0. The van der Waals surface area contributed by atoms with E-state index in [1.54, 1.807) is 42.5 Å². The third-order valence-corrected chi connectivity index (χ3v) is 4.90. The van der Waals surface area contributed by atoms with Crippen molar-refractivity contribution in [2.24, 2.45) is 0 Å². The molecule has 0 aliphatic carbocycles. The summed E-state index contributed by atoms with van der Waals surface area (Å²) in [6.45, 7) is 4.07. The number of hydrogen-bond donors (Lipinski definition) is 0. The van der Waals surface area contributed by atoms with Crippen molar-refractivity contribution in [1.82, 2.24) is 4.98 Å². The van der Waals surface area contributed by atoms with Crippen LogP contribution in [-0.4, -0.2) is 55.6 Å². The van der Waals surface area contributed by atoms with Crippen molar-refractivity contribution in [3.63, 3.8) is 0 Å². The van der Waals surface area contributed by atoms with Gasteiger partial charge in [-0.1, -0.05) is 18.2 Å². The van der Waals surface area contributed by atoms with Gasteiger partial charge < -0.3 is 19.0 Å². The van der Waals surface area contributed by atoms with E-state index in [-0.39, 0.29) is 18.5 Å². The molecule has 0 spiro atoms. The van der Waals surface area contributed by atoms with Gasteiger partial charge in [0.25, 0.3) is 5.91 Å². The second-order valence-electron chi connectivity index (χ2n) is 7.42. The average molecular weight is 413 g/mol. The van der Waals surface area contributed by atoms with Crippen LogP contribution < -0.4 is 14.7 Å². The summed E-state index contributed by atoms with van der Waals surface area (Å²) in [5.41, 5.74) is 0.858. The molecule has 2 aromatic rings. The predicted octanol–water partition coefficient (Wildman–Crippen LogP) is 2.17. The van der Waals surface area contributed by atoms with Crippen LogP contribution in [0.4, 0.5) is 11.5 Å². The summed E-state index contributed by atoms with van der Waals surface area (Å²) in [4.78, 5) is 37.1. The van der Waals surface area contributed by atoms with Crippen LogP contribution >= 0.6 is 0 Å². The van der Waals surface area contributed by atoms with E-state index >= 15 is 0 Å². The molecule has 2 aliphatic heterocycles. The second-order valence-corrected chi connectivity index (χ2v) is 7.42. The molecule has 4 rings (SSSR count). The van der Waals surface area contributed by atoms with Crippen molar-refractivity contribution >= 4 is 23.4 Å². The van der Waals surface area contributed by atoms with Gasteiger partial charge in [0.2, 0.25) is 5.88 Å². The number of amides is 1. The van der Waals surface area contributed by atoms with E-state index in [9.17, 15) is 9.59 Å². The molecule has 2 aliphatic rings. The minimum absolute atomic E-state index is 0.153. The first kappa shape index (κ1) is 20.1. The lowest BCUT2D eigenvalue weighted by atomic mass is 10.1. The van der Waals surface area contributed by atoms with Crippen molar-refractivity contribution < 1.29 is 28.6 Å². The van der Waals surface area contributed by atoms with Crippen LogP contribution in [0.2, 0.25) is 0 Å². The van der Waals surface area contributed by atoms with Gasteiger partial charge in [-0.2, -0.15) is 10.0 Å². The lowest BCUT2D eigenvalue weighted by Gasteiger charge is -2.43. The molecule has 1 saturated heterocycles. The molecule has 0 bridgehead atoms. The highest BCUT2D eigenvalue weighted by atomic mass is 16.7. The van der Waals surface area contributed by atoms with Gasteiger partial charge >= 0.3 is 5.97 Å². The zero-order chi connectivity index (χ0) is 21.3. The normalized spacial score (nSPS) is 18.7.